The van der Waals surface area contributed by atoms with Crippen molar-refractivity contribution in [1.29, 1.82) is 0 Å². The second kappa shape index (κ2) is 4.41. The largest absolute Gasteiger partial charge is 0.367 e. The van der Waals surface area contributed by atoms with Gasteiger partial charge in [-0.15, -0.1) is 0 Å². The molecule has 2 fully saturated rings. The molecule has 2 heterocycles. The van der Waals surface area contributed by atoms with E-state index in [0.717, 1.165) is 6.54 Å². The van der Waals surface area contributed by atoms with E-state index in [1.165, 1.54) is 41.6 Å². The molecule has 1 aliphatic heterocycles. The van der Waals surface area contributed by atoms with Gasteiger partial charge in [-0.3, -0.25) is 0 Å². The summed E-state index contributed by atoms with van der Waals surface area (Å²) in [5, 5.41) is 1.27. The molecule has 2 aliphatic rings. The van der Waals surface area contributed by atoms with Gasteiger partial charge in [0.05, 0.1) is 11.4 Å². The van der Waals surface area contributed by atoms with E-state index in [2.05, 4.69) is 67.6 Å². The van der Waals surface area contributed by atoms with Crippen LogP contribution in [0.15, 0.2) is 36.9 Å². The van der Waals surface area contributed by atoms with E-state index in [4.69, 9.17) is 0 Å². The van der Waals surface area contributed by atoms with Crippen LogP contribution < -0.4 is 0 Å². The van der Waals surface area contributed by atoms with Crippen LogP contribution in [0.5, 0.6) is 0 Å². The van der Waals surface area contributed by atoms with E-state index >= 15 is 0 Å². The Labute approximate surface area is 133 Å². The van der Waals surface area contributed by atoms with Crippen molar-refractivity contribution < 1.29 is 0 Å². The van der Waals surface area contributed by atoms with Crippen LogP contribution in [0.1, 0.15) is 45.7 Å². The maximum absolute atomic E-state index is 4.44. The van der Waals surface area contributed by atoms with E-state index in [0.29, 0.717) is 16.9 Å². The summed E-state index contributed by atoms with van der Waals surface area (Å²) in [6, 6.07) is 11.4. The van der Waals surface area contributed by atoms with Gasteiger partial charge in [-0.05, 0) is 42.2 Å². The molecule has 1 N–H and O–H groups in total. The molecule has 4 rings (SSSR count). The minimum Gasteiger partial charge on any atom is -0.367 e. The highest BCUT2D eigenvalue weighted by Crippen LogP contribution is 2.54. The van der Waals surface area contributed by atoms with E-state index in [9.17, 15) is 0 Å². The van der Waals surface area contributed by atoms with Gasteiger partial charge in [0.15, 0.2) is 0 Å². The van der Waals surface area contributed by atoms with Gasteiger partial charge in [-0.1, -0.05) is 45.5 Å². The van der Waals surface area contributed by atoms with Gasteiger partial charge < -0.3 is 9.88 Å². The highest BCUT2D eigenvalue weighted by Gasteiger charge is 2.49. The molecule has 22 heavy (non-hydrogen) atoms. The third-order valence-corrected chi connectivity index (χ3v) is 5.60. The van der Waals surface area contributed by atoms with Crippen LogP contribution in [-0.2, 0) is 0 Å². The Morgan fingerprint density at radius 3 is 2.77 bits per heavy atom. The van der Waals surface area contributed by atoms with Crippen LogP contribution in [-0.4, -0.2) is 22.5 Å². The van der Waals surface area contributed by atoms with Crippen molar-refractivity contribution in [2.24, 2.45) is 10.8 Å². The predicted molar refractivity (Wildman–Crippen MR) is 93.6 cm³/mol. The number of nitrogens with zero attached hydrogens (tertiary/aromatic N) is 1. The number of likely N-dealkylation sites (tertiary alicyclic amines) is 1. The third kappa shape index (κ3) is 2.16. The Kier molecular flexibility index (Phi) is 2.79. The fourth-order valence-corrected chi connectivity index (χ4v) is 5.16. The molecule has 0 amide bonds. The summed E-state index contributed by atoms with van der Waals surface area (Å²) in [6.45, 7) is 12.9. The quantitative estimate of drug-likeness (QED) is 0.822. The van der Waals surface area contributed by atoms with Gasteiger partial charge in [-0.2, -0.15) is 0 Å². The molecule has 1 aromatic heterocycles. The number of aromatic nitrogens is 1. The van der Waals surface area contributed by atoms with Crippen molar-refractivity contribution in [2.75, 3.05) is 6.54 Å². The minimum absolute atomic E-state index is 0.446. The fourth-order valence-electron chi connectivity index (χ4n) is 5.16. The lowest BCUT2D eigenvalue weighted by Gasteiger charge is -2.39. The molecule has 2 heteroatoms. The first-order chi connectivity index (χ1) is 10.4. The lowest BCUT2D eigenvalue weighted by atomic mass is 9.65. The first-order valence-electron chi connectivity index (χ1n) is 8.39. The minimum atomic E-state index is 0.446. The number of hydrogen-bond acceptors (Lipinski definition) is 1. The summed E-state index contributed by atoms with van der Waals surface area (Å²) in [5.74, 6) is 0. The number of rotatable bonds is 2. The van der Waals surface area contributed by atoms with Crippen LogP contribution in [0.3, 0.4) is 0 Å². The van der Waals surface area contributed by atoms with Crippen LogP contribution in [0.25, 0.3) is 16.6 Å². The zero-order chi connectivity index (χ0) is 15.5. The van der Waals surface area contributed by atoms with Gasteiger partial charge in [0.1, 0.15) is 0 Å². The van der Waals surface area contributed by atoms with Crippen molar-refractivity contribution >= 4 is 16.6 Å². The van der Waals surface area contributed by atoms with Crippen molar-refractivity contribution in [2.45, 2.75) is 46.1 Å². The van der Waals surface area contributed by atoms with Crippen LogP contribution in [0, 0.1) is 10.8 Å². The molecule has 2 unspecified atom stereocenters. The molecule has 2 nitrogen and oxygen atoms in total. The molecule has 2 bridgehead atoms. The fraction of sp³-hybridized carbons (Fsp3) is 0.500. The molecule has 1 aromatic carbocycles. The monoisotopic (exact) mass is 294 g/mol. The summed E-state index contributed by atoms with van der Waals surface area (Å²) in [6.07, 6.45) is 3.92. The molecule has 1 saturated carbocycles. The topological polar surface area (TPSA) is 19.0 Å². The third-order valence-electron chi connectivity index (χ3n) is 5.60. The normalized spacial score (nSPS) is 30.0. The van der Waals surface area contributed by atoms with Crippen molar-refractivity contribution in [3.05, 3.63) is 42.6 Å². The van der Waals surface area contributed by atoms with E-state index in [-0.39, 0.29) is 0 Å². The van der Waals surface area contributed by atoms with Crippen molar-refractivity contribution in [3.8, 4) is 0 Å². The molecule has 0 spiro atoms. The smallest absolute Gasteiger partial charge is 0.0622 e. The standard InChI is InChI=1S/C20H26N2/c1-14(18-9-15-7-5-6-8-17(15)21-18)22-13-20(4)11-16(22)10-19(2,3)12-20/h5-9,16,21H,1,10-13H2,2-4H3. The second-order valence-electron chi connectivity index (χ2n) is 8.56. The Morgan fingerprint density at radius 2 is 2.00 bits per heavy atom. The summed E-state index contributed by atoms with van der Waals surface area (Å²) in [4.78, 5) is 6.11. The summed E-state index contributed by atoms with van der Waals surface area (Å²) in [7, 11) is 0. The number of aromatic amines is 1. The van der Waals surface area contributed by atoms with Gasteiger partial charge in [0, 0.05) is 23.5 Å². The van der Waals surface area contributed by atoms with Crippen molar-refractivity contribution in [1.82, 2.24) is 9.88 Å². The maximum atomic E-state index is 4.44. The molecule has 1 saturated heterocycles. The van der Waals surface area contributed by atoms with Gasteiger partial charge in [0.2, 0.25) is 0 Å². The SMILES string of the molecule is C=C(c1cc2ccccc2[nH]1)N1CC2(C)CC1CC(C)(C)C2. The number of para-hydroxylation sites is 1. The zero-order valence-corrected chi connectivity index (χ0v) is 13.9. The molecular formula is C20H26N2. The number of H-pyrrole nitrogens is 1. The molecule has 2 aromatic rings. The Bertz CT molecular complexity index is 706. The van der Waals surface area contributed by atoms with Gasteiger partial charge in [0.25, 0.3) is 0 Å². The number of hydrogen-bond donors (Lipinski definition) is 1. The highest BCUT2D eigenvalue weighted by atomic mass is 15.2. The van der Waals surface area contributed by atoms with E-state index in [1.807, 2.05) is 0 Å². The predicted octanol–water partition coefficient (Wildman–Crippen LogP) is 5.04. The number of fused-ring (bicyclic) bond motifs is 3. The van der Waals surface area contributed by atoms with Crippen LogP contribution >= 0.6 is 0 Å². The molecule has 116 valence electrons. The van der Waals surface area contributed by atoms with E-state index in [1.54, 1.807) is 0 Å². The first-order valence-corrected chi connectivity index (χ1v) is 8.39. The Balaban J connectivity index is 1.66. The first kappa shape index (κ1) is 13.9. The molecule has 2 atom stereocenters. The number of nitrogens with one attached hydrogen (secondary N) is 1. The average Bonchev–Trinajstić information content (AvgIpc) is 2.95. The van der Waals surface area contributed by atoms with Crippen LogP contribution in [0.4, 0.5) is 0 Å². The second-order valence-corrected chi connectivity index (χ2v) is 8.56. The molecular weight excluding hydrogens is 268 g/mol. The Hall–Kier alpha value is -1.70. The van der Waals surface area contributed by atoms with Crippen molar-refractivity contribution in [3.63, 3.8) is 0 Å². The highest BCUT2D eigenvalue weighted by molar-refractivity contribution is 5.84. The molecule has 1 aliphatic carbocycles. The summed E-state index contributed by atoms with van der Waals surface area (Å²) in [5.41, 5.74) is 4.44. The van der Waals surface area contributed by atoms with Gasteiger partial charge in [-0.25, -0.2) is 0 Å². The van der Waals surface area contributed by atoms with E-state index < -0.39 is 0 Å². The molecule has 0 radical (unpaired) electrons. The number of benzene rings is 1. The lowest BCUT2D eigenvalue weighted by Crippen LogP contribution is -2.34. The summed E-state index contributed by atoms with van der Waals surface area (Å²) < 4.78 is 0. The summed E-state index contributed by atoms with van der Waals surface area (Å²) >= 11 is 0. The Morgan fingerprint density at radius 1 is 1.23 bits per heavy atom. The average molecular weight is 294 g/mol. The van der Waals surface area contributed by atoms with Crippen LogP contribution in [0.2, 0.25) is 0 Å². The zero-order valence-electron chi connectivity index (χ0n) is 13.9. The maximum Gasteiger partial charge on any atom is 0.0622 e. The van der Waals surface area contributed by atoms with Gasteiger partial charge >= 0.3 is 0 Å². The lowest BCUT2D eigenvalue weighted by molar-refractivity contribution is 0.132.